The lowest BCUT2D eigenvalue weighted by molar-refractivity contribution is -0.126. The van der Waals surface area contributed by atoms with Crippen molar-refractivity contribution in [3.8, 4) is 0 Å². The number of aryl methyl sites for hydroxylation is 1. The number of hydrogen-bond acceptors (Lipinski definition) is 3. The standard InChI is InChI=1S/C18H29N5O2/c24-17(19-9-4-12-23-13-5-10-20-23)15-6-3-11-22(14-15)18(25)21-16-7-1-2-8-16/h5,10,13,15-16H,1-4,6-9,11-12,14H2,(H,19,24)(H,21,25)/t15-/m0/s1. The summed E-state index contributed by atoms with van der Waals surface area (Å²) in [6.07, 6.45) is 10.9. The van der Waals surface area contributed by atoms with Crippen LogP contribution in [0.3, 0.4) is 0 Å². The van der Waals surface area contributed by atoms with Crippen molar-refractivity contribution < 1.29 is 9.59 Å². The molecule has 1 aliphatic carbocycles. The third-order valence-electron chi connectivity index (χ3n) is 5.18. The van der Waals surface area contributed by atoms with Crippen LogP contribution in [-0.2, 0) is 11.3 Å². The third kappa shape index (κ3) is 5.21. The second kappa shape index (κ2) is 8.87. The molecule has 1 atom stereocenters. The first-order valence-electron chi connectivity index (χ1n) is 9.53. The average molecular weight is 347 g/mol. The molecule has 0 spiro atoms. The van der Waals surface area contributed by atoms with Gasteiger partial charge < -0.3 is 15.5 Å². The van der Waals surface area contributed by atoms with E-state index in [1.807, 2.05) is 21.8 Å². The summed E-state index contributed by atoms with van der Waals surface area (Å²) in [5.74, 6) is -0.0217. The fraction of sp³-hybridized carbons (Fsp3) is 0.722. The maximum atomic E-state index is 12.4. The molecule has 2 heterocycles. The molecular weight excluding hydrogens is 318 g/mol. The Morgan fingerprint density at radius 2 is 2.00 bits per heavy atom. The van der Waals surface area contributed by atoms with Crippen LogP contribution >= 0.6 is 0 Å². The number of urea groups is 1. The van der Waals surface area contributed by atoms with E-state index in [4.69, 9.17) is 0 Å². The van der Waals surface area contributed by atoms with Crippen molar-refractivity contribution >= 4 is 11.9 Å². The lowest BCUT2D eigenvalue weighted by Gasteiger charge is -2.33. The van der Waals surface area contributed by atoms with Crippen molar-refractivity contribution in [1.82, 2.24) is 25.3 Å². The molecule has 7 heteroatoms. The SMILES string of the molecule is O=C(NCCCn1cccn1)[C@H]1CCCN(C(=O)NC2CCCC2)C1. The highest BCUT2D eigenvalue weighted by Crippen LogP contribution is 2.20. The van der Waals surface area contributed by atoms with E-state index in [1.54, 1.807) is 6.20 Å². The highest BCUT2D eigenvalue weighted by molar-refractivity contribution is 5.80. The highest BCUT2D eigenvalue weighted by Gasteiger charge is 2.29. The zero-order valence-electron chi connectivity index (χ0n) is 14.8. The number of nitrogens with one attached hydrogen (secondary N) is 2. The number of rotatable bonds is 6. The normalized spacial score (nSPS) is 21.3. The maximum absolute atomic E-state index is 12.4. The van der Waals surface area contributed by atoms with Crippen molar-refractivity contribution in [2.45, 2.75) is 57.5 Å². The van der Waals surface area contributed by atoms with E-state index in [2.05, 4.69) is 15.7 Å². The van der Waals surface area contributed by atoms with Gasteiger partial charge >= 0.3 is 6.03 Å². The molecule has 3 amide bonds. The molecule has 0 aromatic carbocycles. The van der Waals surface area contributed by atoms with Crippen LogP contribution in [0, 0.1) is 5.92 Å². The van der Waals surface area contributed by atoms with E-state index < -0.39 is 0 Å². The summed E-state index contributed by atoms with van der Waals surface area (Å²) in [6, 6.07) is 2.22. The number of carbonyl (C=O) groups excluding carboxylic acids is 2. The Bertz CT molecular complexity index is 554. The topological polar surface area (TPSA) is 79.3 Å². The average Bonchev–Trinajstić information content (AvgIpc) is 3.32. The van der Waals surface area contributed by atoms with E-state index in [1.165, 1.54) is 12.8 Å². The Morgan fingerprint density at radius 3 is 2.76 bits per heavy atom. The molecule has 0 unspecified atom stereocenters. The molecule has 7 nitrogen and oxygen atoms in total. The van der Waals surface area contributed by atoms with Crippen molar-refractivity contribution in [2.24, 2.45) is 5.92 Å². The minimum absolute atomic E-state index is 0.00285. The van der Waals surface area contributed by atoms with Crippen LogP contribution in [0.2, 0.25) is 0 Å². The Morgan fingerprint density at radius 1 is 1.16 bits per heavy atom. The van der Waals surface area contributed by atoms with Gasteiger partial charge in [0.2, 0.25) is 5.91 Å². The number of piperidine rings is 1. The van der Waals surface area contributed by atoms with Crippen molar-refractivity contribution in [3.05, 3.63) is 18.5 Å². The van der Waals surface area contributed by atoms with E-state index in [0.717, 1.165) is 45.2 Å². The number of likely N-dealkylation sites (tertiary alicyclic amines) is 1. The molecule has 3 rings (SSSR count). The first-order chi connectivity index (χ1) is 12.2. The number of aromatic nitrogens is 2. The number of hydrogen-bond donors (Lipinski definition) is 2. The minimum atomic E-state index is -0.0900. The van der Waals surface area contributed by atoms with Gasteiger partial charge in [-0.25, -0.2) is 4.79 Å². The van der Waals surface area contributed by atoms with Gasteiger partial charge in [0.1, 0.15) is 0 Å². The van der Waals surface area contributed by atoms with Gasteiger partial charge in [-0.3, -0.25) is 9.48 Å². The van der Waals surface area contributed by atoms with Gasteiger partial charge in [-0.1, -0.05) is 12.8 Å². The molecule has 1 aromatic heterocycles. The molecule has 2 fully saturated rings. The monoisotopic (exact) mass is 347 g/mol. The van der Waals surface area contributed by atoms with Gasteiger partial charge in [-0.05, 0) is 38.2 Å². The molecule has 2 N–H and O–H groups in total. The predicted octanol–water partition coefficient (Wildman–Crippen LogP) is 1.75. The zero-order chi connectivity index (χ0) is 17.5. The smallest absolute Gasteiger partial charge is 0.317 e. The Balaban J connectivity index is 1.37. The first-order valence-corrected chi connectivity index (χ1v) is 9.53. The van der Waals surface area contributed by atoms with Crippen molar-refractivity contribution in [3.63, 3.8) is 0 Å². The molecule has 2 aliphatic rings. The quantitative estimate of drug-likeness (QED) is 0.770. The molecule has 1 saturated carbocycles. The number of nitrogens with zero attached hydrogens (tertiary/aromatic N) is 3. The first kappa shape index (κ1) is 17.8. The molecule has 1 aliphatic heterocycles. The molecule has 1 saturated heterocycles. The summed E-state index contributed by atoms with van der Waals surface area (Å²) in [5.41, 5.74) is 0. The maximum Gasteiger partial charge on any atom is 0.317 e. The summed E-state index contributed by atoms with van der Waals surface area (Å²) in [7, 11) is 0. The summed E-state index contributed by atoms with van der Waals surface area (Å²) in [5, 5.41) is 10.3. The summed E-state index contributed by atoms with van der Waals surface area (Å²) in [4.78, 5) is 26.6. The third-order valence-corrected chi connectivity index (χ3v) is 5.18. The van der Waals surface area contributed by atoms with Gasteiger partial charge in [-0.15, -0.1) is 0 Å². The fourth-order valence-corrected chi connectivity index (χ4v) is 3.74. The van der Waals surface area contributed by atoms with Crippen LogP contribution in [0.15, 0.2) is 18.5 Å². The van der Waals surface area contributed by atoms with Gasteiger partial charge in [-0.2, -0.15) is 5.10 Å². The Kier molecular flexibility index (Phi) is 6.30. The second-order valence-electron chi connectivity index (χ2n) is 7.13. The summed E-state index contributed by atoms with van der Waals surface area (Å²) >= 11 is 0. The van der Waals surface area contributed by atoms with Crippen LogP contribution in [0.4, 0.5) is 4.79 Å². The zero-order valence-corrected chi connectivity index (χ0v) is 14.8. The van der Waals surface area contributed by atoms with E-state index >= 15 is 0 Å². The molecular formula is C18H29N5O2. The van der Waals surface area contributed by atoms with E-state index in [9.17, 15) is 9.59 Å². The van der Waals surface area contributed by atoms with Gasteiger partial charge in [0.15, 0.2) is 0 Å². The van der Waals surface area contributed by atoms with E-state index in [0.29, 0.717) is 19.1 Å². The number of carbonyl (C=O) groups is 2. The second-order valence-corrected chi connectivity index (χ2v) is 7.13. The Hall–Kier alpha value is -2.05. The van der Waals surface area contributed by atoms with Crippen LogP contribution < -0.4 is 10.6 Å². The predicted molar refractivity (Wildman–Crippen MR) is 94.9 cm³/mol. The van der Waals surface area contributed by atoms with Crippen LogP contribution in [0.25, 0.3) is 0 Å². The molecule has 25 heavy (non-hydrogen) atoms. The largest absolute Gasteiger partial charge is 0.356 e. The fourth-order valence-electron chi connectivity index (χ4n) is 3.74. The molecule has 0 bridgehead atoms. The Labute approximate surface area is 149 Å². The van der Waals surface area contributed by atoms with Gasteiger partial charge in [0, 0.05) is 44.6 Å². The molecule has 138 valence electrons. The molecule has 1 aromatic rings. The highest BCUT2D eigenvalue weighted by atomic mass is 16.2. The van der Waals surface area contributed by atoms with Gasteiger partial charge in [0.25, 0.3) is 0 Å². The van der Waals surface area contributed by atoms with Crippen molar-refractivity contribution in [1.29, 1.82) is 0 Å². The lowest BCUT2D eigenvalue weighted by atomic mass is 9.97. The van der Waals surface area contributed by atoms with Crippen molar-refractivity contribution in [2.75, 3.05) is 19.6 Å². The van der Waals surface area contributed by atoms with Gasteiger partial charge in [0.05, 0.1) is 5.92 Å². The minimum Gasteiger partial charge on any atom is -0.356 e. The number of amides is 3. The van der Waals surface area contributed by atoms with Crippen LogP contribution in [0.1, 0.15) is 44.9 Å². The molecule has 0 radical (unpaired) electrons. The van der Waals surface area contributed by atoms with Crippen LogP contribution in [-0.4, -0.2) is 52.3 Å². The lowest BCUT2D eigenvalue weighted by Crippen LogP contribution is -2.50. The summed E-state index contributed by atoms with van der Waals surface area (Å²) < 4.78 is 1.86. The summed E-state index contributed by atoms with van der Waals surface area (Å²) in [6.45, 7) is 2.72. The van der Waals surface area contributed by atoms with Crippen LogP contribution in [0.5, 0.6) is 0 Å². The van der Waals surface area contributed by atoms with E-state index in [-0.39, 0.29) is 17.9 Å².